The minimum Gasteiger partial charge on any atom is -0.493 e. The van der Waals surface area contributed by atoms with E-state index in [0.29, 0.717) is 6.54 Å². The SMILES string of the molecule is COc1cc(CN(C)CC(=O)Nc2ccc(C)cc2)ccc1OC(F)F. The summed E-state index contributed by atoms with van der Waals surface area (Å²) in [5.74, 6) is 0.0623. The van der Waals surface area contributed by atoms with Crippen molar-refractivity contribution in [1.29, 1.82) is 0 Å². The molecule has 0 aliphatic rings. The van der Waals surface area contributed by atoms with Gasteiger partial charge in [0.1, 0.15) is 0 Å². The molecule has 0 bridgehead atoms. The number of hydrogen-bond donors (Lipinski definition) is 1. The molecule has 0 aliphatic carbocycles. The molecular weight excluding hydrogens is 342 g/mol. The number of likely N-dealkylation sites (N-methyl/N-ethyl adjacent to an activating group) is 1. The second-order valence-corrected chi connectivity index (χ2v) is 5.95. The van der Waals surface area contributed by atoms with Crippen molar-refractivity contribution in [1.82, 2.24) is 4.90 Å². The van der Waals surface area contributed by atoms with Gasteiger partial charge in [-0.3, -0.25) is 9.69 Å². The van der Waals surface area contributed by atoms with Gasteiger partial charge in [-0.25, -0.2) is 0 Å². The van der Waals surface area contributed by atoms with Gasteiger partial charge < -0.3 is 14.8 Å². The lowest BCUT2D eigenvalue weighted by atomic mass is 10.2. The highest BCUT2D eigenvalue weighted by atomic mass is 19.3. The summed E-state index contributed by atoms with van der Waals surface area (Å²) in [5.41, 5.74) is 2.67. The standard InChI is InChI=1S/C19H22F2N2O3/c1-13-4-7-15(8-5-13)22-18(24)12-23(2)11-14-6-9-16(26-19(20)21)17(10-14)25-3/h4-10,19H,11-12H2,1-3H3,(H,22,24). The van der Waals surface area contributed by atoms with Crippen molar-refractivity contribution in [2.75, 3.05) is 26.0 Å². The van der Waals surface area contributed by atoms with Crippen molar-refractivity contribution in [3.05, 3.63) is 53.6 Å². The number of nitrogens with one attached hydrogen (secondary N) is 1. The second-order valence-electron chi connectivity index (χ2n) is 5.95. The van der Waals surface area contributed by atoms with Crippen LogP contribution in [0.4, 0.5) is 14.5 Å². The number of aryl methyl sites for hydroxylation is 1. The Kier molecular flexibility index (Phi) is 6.91. The van der Waals surface area contributed by atoms with Crippen LogP contribution in [0.1, 0.15) is 11.1 Å². The van der Waals surface area contributed by atoms with Gasteiger partial charge in [0.2, 0.25) is 5.91 Å². The van der Waals surface area contributed by atoms with Gasteiger partial charge >= 0.3 is 6.61 Å². The number of anilines is 1. The van der Waals surface area contributed by atoms with Crippen molar-refractivity contribution in [3.63, 3.8) is 0 Å². The van der Waals surface area contributed by atoms with Crippen molar-refractivity contribution in [2.45, 2.75) is 20.1 Å². The van der Waals surface area contributed by atoms with Crippen molar-refractivity contribution >= 4 is 11.6 Å². The van der Waals surface area contributed by atoms with E-state index in [1.165, 1.54) is 13.2 Å². The van der Waals surface area contributed by atoms with Gasteiger partial charge in [-0.15, -0.1) is 0 Å². The number of carbonyl (C=O) groups is 1. The first kappa shape index (κ1) is 19.7. The minimum atomic E-state index is -2.91. The van der Waals surface area contributed by atoms with Crippen LogP contribution in [-0.4, -0.2) is 38.1 Å². The quantitative estimate of drug-likeness (QED) is 0.776. The van der Waals surface area contributed by atoms with E-state index >= 15 is 0 Å². The number of alkyl halides is 2. The summed E-state index contributed by atoms with van der Waals surface area (Å²) >= 11 is 0. The van der Waals surface area contributed by atoms with Crippen LogP contribution in [0.15, 0.2) is 42.5 Å². The second kappa shape index (κ2) is 9.15. The van der Waals surface area contributed by atoms with Crippen LogP contribution in [-0.2, 0) is 11.3 Å². The molecule has 0 heterocycles. The third kappa shape index (κ3) is 6.00. The summed E-state index contributed by atoms with van der Waals surface area (Å²) in [7, 11) is 3.18. The number of amides is 1. The van der Waals surface area contributed by atoms with Gasteiger partial charge in [-0.2, -0.15) is 8.78 Å². The number of nitrogens with zero attached hydrogens (tertiary/aromatic N) is 1. The van der Waals surface area contributed by atoms with Crippen molar-refractivity contribution < 1.29 is 23.0 Å². The Morgan fingerprint density at radius 3 is 2.46 bits per heavy atom. The average Bonchev–Trinajstić information content (AvgIpc) is 2.57. The molecule has 2 aromatic rings. The van der Waals surface area contributed by atoms with Crippen molar-refractivity contribution in [2.24, 2.45) is 0 Å². The lowest BCUT2D eigenvalue weighted by Gasteiger charge is -2.18. The van der Waals surface area contributed by atoms with E-state index in [2.05, 4.69) is 10.1 Å². The predicted octanol–water partition coefficient (Wildman–Crippen LogP) is 3.68. The third-order valence-corrected chi connectivity index (χ3v) is 3.65. The number of rotatable bonds is 8. The molecule has 0 aliphatic heterocycles. The van der Waals surface area contributed by atoms with E-state index in [0.717, 1.165) is 16.8 Å². The van der Waals surface area contributed by atoms with Gasteiger partial charge in [-0.1, -0.05) is 23.8 Å². The summed E-state index contributed by atoms with van der Waals surface area (Å²) in [4.78, 5) is 13.9. The zero-order valence-electron chi connectivity index (χ0n) is 15.0. The van der Waals surface area contributed by atoms with E-state index in [1.54, 1.807) is 19.2 Å². The number of carbonyl (C=O) groups excluding carboxylic acids is 1. The Balaban J connectivity index is 1.93. The monoisotopic (exact) mass is 364 g/mol. The van der Waals surface area contributed by atoms with Gasteiger partial charge in [0.05, 0.1) is 13.7 Å². The van der Waals surface area contributed by atoms with Crippen LogP contribution in [0, 0.1) is 6.92 Å². The molecule has 5 nitrogen and oxygen atoms in total. The highest BCUT2D eigenvalue weighted by Gasteiger charge is 2.13. The van der Waals surface area contributed by atoms with Crippen LogP contribution in [0.3, 0.4) is 0 Å². The molecule has 0 unspecified atom stereocenters. The molecule has 2 aromatic carbocycles. The van der Waals surface area contributed by atoms with E-state index < -0.39 is 6.61 Å². The van der Waals surface area contributed by atoms with Crippen LogP contribution < -0.4 is 14.8 Å². The average molecular weight is 364 g/mol. The molecule has 0 atom stereocenters. The molecule has 0 saturated carbocycles. The summed E-state index contributed by atoms with van der Waals surface area (Å²) in [6, 6.07) is 12.3. The first-order valence-electron chi connectivity index (χ1n) is 8.04. The summed E-state index contributed by atoms with van der Waals surface area (Å²) in [5, 5.41) is 2.83. The zero-order valence-corrected chi connectivity index (χ0v) is 15.0. The van der Waals surface area contributed by atoms with Crippen LogP contribution in [0.2, 0.25) is 0 Å². The fourth-order valence-corrected chi connectivity index (χ4v) is 2.45. The molecule has 0 radical (unpaired) electrons. The summed E-state index contributed by atoms with van der Waals surface area (Å²) in [6.07, 6.45) is 0. The Morgan fingerprint density at radius 1 is 1.15 bits per heavy atom. The van der Waals surface area contributed by atoms with Crippen LogP contribution >= 0.6 is 0 Å². The van der Waals surface area contributed by atoms with Crippen LogP contribution in [0.5, 0.6) is 11.5 Å². The molecule has 140 valence electrons. The first-order valence-corrected chi connectivity index (χ1v) is 8.04. The Hall–Kier alpha value is -2.67. The Morgan fingerprint density at radius 2 is 1.85 bits per heavy atom. The summed E-state index contributed by atoms with van der Waals surface area (Å²) < 4.78 is 34.2. The molecule has 0 fully saturated rings. The molecular formula is C19H22F2N2O3. The van der Waals surface area contributed by atoms with Gasteiger partial charge in [0.15, 0.2) is 11.5 Å². The molecule has 2 rings (SSSR count). The fourth-order valence-electron chi connectivity index (χ4n) is 2.45. The molecule has 7 heteroatoms. The van der Waals surface area contributed by atoms with E-state index in [1.807, 2.05) is 36.1 Å². The van der Waals surface area contributed by atoms with E-state index in [9.17, 15) is 13.6 Å². The van der Waals surface area contributed by atoms with Gasteiger partial charge in [0, 0.05) is 12.2 Å². The van der Waals surface area contributed by atoms with Gasteiger partial charge in [-0.05, 0) is 43.8 Å². The lowest BCUT2D eigenvalue weighted by molar-refractivity contribution is -0.117. The first-order chi connectivity index (χ1) is 12.4. The van der Waals surface area contributed by atoms with E-state index in [-0.39, 0.29) is 24.0 Å². The number of methoxy groups -OCH3 is 1. The minimum absolute atomic E-state index is 0.0222. The van der Waals surface area contributed by atoms with E-state index in [4.69, 9.17) is 4.74 Å². The maximum Gasteiger partial charge on any atom is 0.387 e. The maximum atomic E-state index is 12.4. The molecule has 1 N–H and O–H groups in total. The zero-order chi connectivity index (χ0) is 19.1. The third-order valence-electron chi connectivity index (χ3n) is 3.65. The number of hydrogen-bond acceptors (Lipinski definition) is 4. The normalized spacial score (nSPS) is 10.9. The van der Waals surface area contributed by atoms with Gasteiger partial charge in [0.25, 0.3) is 0 Å². The van der Waals surface area contributed by atoms with Crippen LogP contribution in [0.25, 0.3) is 0 Å². The smallest absolute Gasteiger partial charge is 0.387 e. The highest BCUT2D eigenvalue weighted by molar-refractivity contribution is 5.92. The number of halogens is 2. The lowest BCUT2D eigenvalue weighted by Crippen LogP contribution is -2.29. The molecule has 0 saturated heterocycles. The predicted molar refractivity (Wildman–Crippen MR) is 95.8 cm³/mol. The molecule has 1 amide bonds. The topological polar surface area (TPSA) is 50.8 Å². The molecule has 26 heavy (non-hydrogen) atoms. The fraction of sp³-hybridized carbons (Fsp3) is 0.316. The Bertz CT molecular complexity index is 736. The molecule has 0 spiro atoms. The molecule has 0 aromatic heterocycles. The number of ether oxygens (including phenoxy) is 2. The highest BCUT2D eigenvalue weighted by Crippen LogP contribution is 2.29. The Labute approximate surface area is 151 Å². The number of benzene rings is 2. The summed E-state index contributed by atoms with van der Waals surface area (Å²) in [6.45, 7) is -0.300. The van der Waals surface area contributed by atoms with Crippen molar-refractivity contribution in [3.8, 4) is 11.5 Å². The maximum absolute atomic E-state index is 12.4. The largest absolute Gasteiger partial charge is 0.493 e.